The Balaban J connectivity index is 0.00000420. The third kappa shape index (κ3) is 6.55. The van der Waals surface area contributed by atoms with E-state index in [0.717, 1.165) is 5.56 Å². The molecular formula is C21H29N3O5. The van der Waals surface area contributed by atoms with Gasteiger partial charge in [-0.3, -0.25) is 9.59 Å². The molecule has 2 rings (SSSR count). The van der Waals surface area contributed by atoms with Crippen molar-refractivity contribution in [3.05, 3.63) is 58.9 Å². The van der Waals surface area contributed by atoms with E-state index in [-0.39, 0.29) is 17.7 Å². The molecule has 0 aliphatic carbocycles. The molecule has 1 atom stereocenters. The second-order valence-electron chi connectivity index (χ2n) is 6.88. The van der Waals surface area contributed by atoms with Crippen LogP contribution in [0.25, 0.3) is 0 Å². The lowest BCUT2D eigenvalue weighted by molar-refractivity contribution is -0.142. The number of carboxylic acid groups (broad SMARTS) is 1. The highest BCUT2D eigenvalue weighted by Gasteiger charge is 2.21. The molecule has 0 saturated heterocycles. The van der Waals surface area contributed by atoms with Crippen LogP contribution in [0.2, 0.25) is 0 Å². The zero-order chi connectivity index (χ0) is 20.7. The number of rotatable bonds is 10. The van der Waals surface area contributed by atoms with E-state index < -0.39 is 17.9 Å². The molecule has 1 heterocycles. The quantitative estimate of drug-likeness (QED) is 0.400. The van der Waals surface area contributed by atoms with Crippen LogP contribution in [0, 0.1) is 6.92 Å². The second-order valence-corrected chi connectivity index (χ2v) is 6.88. The van der Waals surface area contributed by atoms with Crippen molar-refractivity contribution in [1.29, 1.82) is 0 Å². The predicted molar refractivity (Wildman–Crippen MR) is 110 cm³/mol. The lowest BCUT2D eigenvalue weighted by Crippen LogP contribution is -2.41. The van der Waals surface area contributed by atoms with E-state index in [4.69, 9.17) is 5.73 Å². The van der Waals surface area contributed by atoms with Crippen molar-refractivity contribution in [2.75, 3.05) is 6.54 Å². The van der Waals surface area contributed by atoms with Crippen molar-refractivity contribution in [1.82, 2.24) is 9.88 Å². The second kappa shape index (κ2) is 11.1. The molecule has 0 unspecified atom stereocenters. The predicted octanol–water partition coefficient (Wildman–Crippen LogP) is 0.981. The molecule has 6 N–H and O–H groups in total. The van der Waals surface area contributed by atoms with Crippen molar-refractivity contribution in [3.8, 4) is 0 Å². The first-order valence-corrected chi connectivity index (χ1v) is 9.31. The first-order valence-electron chi connectivity index (χ1n) is 9.31. The maximum absolute atomic E-state index is 12.7. The molecule has 0 aliphatic rings. The number of hydrogen-bond donors (Lipinski definition) is 3. The normalized spacial score (nSPS) is 11.4. The molecule has 0 fully saturated rings. The fourth-order valence-corrected chi connectivity index (χ4v) is 2.97. The van der Waals surface area contributed by atoms with E-state index in [1.54, 1.807) is 35.9 Å². The molecule has 2 aromatic rings. The number of nitrogens with two attached hydrogens (primary N) is 1. The van der Waals surface area contributed by atoms with Crippen LogP contribution in [0.5, 0.6) is 0 Å². The van der Waals surface area contributed by atoms with E-state index in [2.05, 4.69) is 5.32 Å². The third-order valence-electron chi connectivity index (χ3n) is 4.69. The number of unbranched alkanes of at least 4 members (excludes halogenated alkanes) is 1. The Bertz CT molecular complexity index is 843. The van der Waals surface area contributed by atoms with Gasteiger partial charge in [0, 0.05) is 18.3 Å². The number of aromatic nitrogens is 1. The molecule has 158 valence electrons. The Morgan fingerprint density at radius 3 is 2.34 bits per heavy atom. The summed E-state index contributed by atoms with van der Waals surface area (Å²) < 4.78 is 1.67. The first-order chi connectivity index (χ1) is 13.3. The zero-order valence-corrected chi connectivity index (χ0v) is 16.8. The SMILES string of the molecule is Cc1ccc(C(=O)c2ccc(CC(=O)N[C@@H](CCCCN)C(=O)O)n2C)cc1.O. The number of carbonyl (C=O) groups is 3. The number of carbonyl (C=O) groups excluding carboxylic acids is 2. The van der Waals surface area contributed by atoms with Gasteiger partial charge in [0.1, 0.15) is 6.04 Å². The van der Waals surface area contributed by atoms with Crippen molar-refractivity contribution in [2.24, 2.45) is 12.8 Å². The number of benzene rings is 1. The molecule has 1 aromatic carbocycles. The van der Waals surface area contributed by atoms with Gasteiger partial charge in [0.05, 0.1) is 12.1 Å². The van der Waals surface area contributed by atoms with E-state index >= 15 is 0 Å². The highest BCUT2D eigenvalue weighted by molar-refractivity contribution is 6.08. The van der Waals surface area contributed by atoms with Gasteiger partial charge in [0.15, 0.2) is 0 Å². The lowest BCUT2D eigenvalue weighted by Gasteiger charge is -2.15. The first kappa shape index (κ1) is 24.1. The van der Waals surface area contributed by atoms with Crippen LogP contribution in [-0.2, 0) is 23.1 Å². The number of carboxylic acids is 1. The van der Waals surface area contributed by atoms with Crippen molar-refractivity contribution >= 4 is 17.7 Å². The van der Waals surface area contributed by atoms with Crippen LogP contribution in [0.15, 0.2) is 36.4 Å². The van der Waals surface area contributed by atoms with Crippen LogP contribution in [0.3, 0.4) is 0 Å². The number of nitrogens with one attached hydrogen (secondary N) is 1. The van der Waals surface area contributed by atoms with Gasteiger partial charge in [-0.15, -0.1) is 0 Å². The molecule has 0 spiro atoms. The van der Waals surface area contributed by atoms with Crippen molar-refractivity contribution < 1.29 is 25.0 Å². The van der Waals surface area contributed by atoms with Gasteiger partial charge >= 0.3 is 5.97 Å². The summed E-state index contributed by atoms with van der Waals surface area (Å²) in [6.07, 6.45) is 1.68. The summed E-state index contributed by atoms with van der Waals surface area (Å²) in [5, 5.41) is 11.8. The minimum absolute atomic E-state index is 0. The monoisotopic (exact) mass is 403 g/mol. The van der Waals surface area contributed by atoms with Gasteiger partial charge in [-0.05, 0) is 44.9 Å². The smallest absolute Gasteiger partial charge is 0.326 e. The van der Waals surface area contributed by atoms with E-state index in [1.807, 2.05) is 19.1 Å². The maximum Gasteiger partial charge on any atom is 0.326 e. The number of ketones is 1. The van der Waals surface area contributed by atoms with Crippen molar-refractivity contribution in [3.63, 3.8) is 0 Å². The van der Waals surface area contributed by atoms with Crippen LogP contribution in [-0.4, -0.2) is 45.4 Å². The van der Waals surface area contributed by atoms with Crippen LogP contribution in [0.4, 0.5) is 0 Å². The molecule has 1 aromatic heterocycles. The average molecular weight is 403 g/mol. The molecule has 0 saturated carbocycles. The Hall–Kier alpha value is -2.97. The van der Waals surface area contributed by atoms with Crippen molar-refractivity contribution in [2.45, 2.75) is 38.6 Å². The number of amides is 1. The molecular weight excluding hydrogens is 374 g/mol. The van der Waals surface area contributed by atoms with Crippen LogP contribution in [0.1, 0.15) is 46.6 Å². The summed E-state index contributed by atoms with van der Waals surface area (Å²) in [6, 6.07) is 9.76. The Kier molecular flexibility index (Phi) is 9.24. The van der Waals surface area contributed by atoms with Gasteiger partial charge in [-0.25, -0.2) is 4.79 Å². The van der Waals surface area contributed by atoms with Crippen LogP contribution < -0.4 is 11.1 Å². The summed E-state index contributed by atoms with van der Waals surface area (Å²) >= 11 is 0. The molecule has 0 radical (unpaired) electrons. The molecule has 8 nitrogen and oxygen atoms in total. The highest BCUT2D eigenvalue weighted by Crippen LogP contribution is 2.15. The summed E-state index contributed by atoms with van der Waals surface area (Å²) in [6.45, 7) is 2.44. The zero-order valence-electron chi connectivity index (χ0n) is 16.8. The minimum Gasteiger partial charge on any atom is -0.480 e. The molecule has 0 bridgehead atoms. The van der Waals surface area contributed by atoms with E-state index in [0.29, 0.717) is 42.8 Å². The van der Waals surface area contributed by atoms with Crippen LogP contribution >= 0.6 is 0 Å². The average Bonchev–Trinajstić information content (AvgIpc) is 3.01. The lowest BCUT2D eigenvalue weighted by atomic mass is 10.1. The summed E-state index contributed by atoms with van der Waals surface area (Å²) in [5.41, 5.74) is 8.18. The topological polar surface area (TPSA) is 146 Å². The number of hydrogen-bond acceptors (Lipinski definition) is 4. The molecule has 0 aliphatic heterocycles. The fourth-order valence-electron chi connectivity index (χ4n) is 2.97. The molecule has 1 amide bonds. The maximum atomic E-state index is 12.7. The van der Waals surface area contributed by atoms with Gasteiger partial charge < -0.3 is 26.2 Å². The fraction of sp³-hybridized carbons (Fsp3) is 0.381. The summed E-state index contributed by atoms with van der Waals surface area (Å²) in [4.78, 5) is 36.3. The number of aliphatic carboxylic acids is 1. The van der Waals surface area contributed by atoms with Gasteiger partial charge in [0.25, 0.3) is 0 Å². The Morgan fingerprint density at radius 2 is 1.76 bits per heavy atom. The largest absolute Gasteiger partial charge is 0.480 e. The third-order valence-corrected chi connectivity index (χ3v) is 4.69. The number of aryl methyl sites for hydroxylation is 1. The Morgan fingerprint density at radius 1 is 1.10 bits per heavy atom. The van der Waals surface area contributed by atoms with Gasteiger partial charge in [-0.1, -0.05) is 29.8 Å². The summed E-state index contributed by atoms with van der Waals surface area (Å²) in [7, 11) is 1.72. The molecule has 8 heteroatoms. The Labute approximate surface area is 170 Å². The standard InChI is InChI=1S/C21H27N3O4.H2O/c1-14-6-8-15(9-7-14)20(26)18-11-10-16(24(18)2)13-19(25)23-17(21(27)28)5-3-4-12-22;/h6-11,17H,3-5,12-13,22H2,1-2H3,(H,23,25)(H,27,28);1H2/t17-;/m0./s1. The van der Waals surface area contributed by atoms with Gasteiger partial charge in [0.2, 0.25) is 11.7 Å². The van der Waals surface area contributed by atoms with E-state index in [9.17, 15) is 19.5 Å². The summed E-state index contributed by atoms with van der Waals surface area (Å²) in [5.74, 6) is -1.58. The number of nitrogens with zero attached hydrogens (tertiary/aromatic N) is 1. The highest BCUT2D eigenvalue weighted by atomic mass is 16.4. The molecule has 29 heavy (non-hydrogen) atoms. The minimum atomic E-state index is -1.06. The van der Waals surface area contributed by atoms with E-state index in [1.165, 1.54) is 0 Å². The van der Waals surface area contributed by atoms with Gasteiger partial charge in [-0.2, -0.15) is 0 Å².